The van der Waals surface area contributed by atoms with E-state index in [2.05, 4.69) is 4.74 Å². The lowest BCUT2D eigenvalue weighted by Crippen LogP contribution is -2.18. The van der Waals surface area contributed by atoms with Crippen molar-refractivity contribution < 1.29 is 22.3 Å². The first-order valence-corrected chi connectivity index (χ1v) is 5.96. The van der Waals surface area contributed by atoms with Gasteiger partial charge in [-0.15, -0.1) is 0 Å². The van der Waals surface area contributed by atoms with E-state index in [0.29, 0.717) is 18.4 Å². The van der Waals surface area contributed by atoms with Crippen LogP contribution >= 0.6 is 0 Å². The van der Waals surface area contributed by atoms with Gasteiger partial charge in [-0.1, -0.05) is 12.1 Å². The maximum atomic E-state index is 13.1. The van der Waals surface area contributed by atoms with Crippen molar-refractivity contribution in [3.8, 4) is 0 Å². The minimum absolute atomic E-state index is 0.00733. The zero-order chi connectivity index (χ0) is 14.5. The molecule has 0 aliphatic heterocycles. The summed E-state index contributed by atoms with van der Waals surface area (Å²) in [6, 6.07) is 4.25. The van der Waals surface area contributed by atoms with E-state index in [4.69, 9.17) is 5.73 Å². The normalized spacial score (nSPS) is 13.6. The van der Waals surface area contributed by atoms with Crippen molar-refractivity contribution in [3.63, 3.8) is 0 Å². The lowest BCUT2D eigenvalue weighted by molar-refractivity contribution is -0.174. The molecule has 1 unspecified atom stereocenters. The molecule has 2 nitrogen and oxygen atoms in total. The van der Waals surface area contributed by atoms with E-state index in [1.165, 1.54) is 6.07 Å². The number of nitrogens with two attached hydrogens (primary N) is 1. The summed E-state index contributed by atoms with van der Waals surface area (Å²) >= 11 is 0. The van der Waals surface area contributed by atoms with E-state index < -0.39 is 12.8 Å². The van der Waals surface area contributed by atoms with Crippen molar-refractivity contribution in [2.24, 2.45) is 5.73 Å². The minimum atomic E-state index is -4.30. The van der Waals surface area contributed by atoms with Gasteiger partial charge in [0.2, 0.25) is 0 Å². The quantitative estimate of drug-likeness (QED) is 0.639. The second kappa shape index (κ2) is 6.86. The Labute approximate surface area is 109 Å². The van der Waals surface area contributed by atoms with E-state index in [1.54, 1.807) is 19.1 Å². The molecule has 1 aromatic carbocycles. The SMILES string of the molecule is Cc1cc(C(N)CCCOCC(F)(F)F)ccc1F. The maximum absolute atomic E-state index is 13.1. The molecule has 19 heavy (non-hydrogen) atoms. The molecular weight excluding hydrogens is 262 g/mol. The molecule has 1 atom stereocenters. The third-order valence-electron chi connectivity index (χ3n) is 2.68. The summed E-state index contributed by atoms with van der Waals surface area (Å²) in [5.74, 6) is -0.301. The molecule has 108 valence electrons. The third kappa shape index (κ3) is 6.02. The molecule has 0 aliphatic carbocycles. The molecule has 6 heteroatoms. The van der Waals surface area contributed by atoms with Gasteiger partial charge in [0.05, 0.1) is 0 Å². The highest BCUT2D eigenvalue weighted by molar-refractivity contribution is 5.26. The molecule has 2 N–H and O–H groups in total. The van der Waals surface area contributed by atoms with Crippen molar-refractivity contribution in [2.75, 3.05) is 13.2 Å². The largest absolute Gasteiger partial charge is 0.411 e. The van der Waals surface area contributed by atoms with Crippen molar-refractivity contribution >= 4 is 0 Å². The van der Waals surface area contributed by atoms with E-state index in [-0.39, 0.29) is 18.5 Å². The van der Waals surface area contributed by atoms with Crippen molar-refractivity contribution in [2.45, 2.75) is 32.0 Å². The first-order chi connectivity index (χ1) is 8.79. The molecule has 0 amide bonds. The van der Waals surface area contributed by atoms with Crippen LogP contribution in [0.5, 0.6) is 0 Å². The molecule has 0 saturated heterocycles. The molecule has 0 aliphatic rings. The fourth-order valence-corrected chi connectivity index (χ4v) is 1.66. The highest BCUT2D eigenvalue weighted by Crippen LogP contribution is 2.19. The second-order valence-corrected chi connectivity index (χ2v) is 4.43. The van der Waals surface area contributed by atoms with Gasteiger partial charge in [-0.3, -0.25) is 0 Å². The van der Waals surface area contributed by atoms with Gasteiger partial charge < -0.3 is 10.5 Å². The molecule has 1 aromatic rings. The van der Waals surface area contributed by atoms with Gasteiger partial charge >= 0.3 is 6.18 Å². The van der Waals surface area contributed by atoms with Crippen LogP contribution in [0, 0.1) is 12.7 Å². The predicted octanol–water partition coefficient (Wildman–Crippen LogP) is 3.49. The van der Waals surface area contributed by atoms with Gasteiger partial charge in [-0.2, -0.15) is 13.2 Å². The number of aryl methyl sites for hydroxylation is 1. The highest BCUT2D eigenvalue weighted by Gasteiger charge is 2.27. The Morgan fingerprint density at radius 3 is 2.58 bits per heavy atom. The van der Waals surface area contributed by atoms with Crippen LogP contribution in [0.4, 0.5) is 17.6 Å². The van der Waals surface area contributed by atoms with Gasteiger partial charge in [-0.25, -0.2) is 4.39 Å². The number of hydrogen-bond acceptors (Lipinski definition) is 2. The van der Waals surface area contributed by atoms with Crippen LogP contribution in [0.25, 0.3) is 0 Å². The Morgan fingerprint density at radius 2 is 2.00 bits per heavy atom. The molecule has 0 fully saturated rings. The van der Waals surface area contributed by atoms with E-state index >= 15 is 0 Å². The molecule has 0 spiro atoms. The lowest BCUT2D eigenvalue weighted by atomic mass is 10.0. The number of hydrogen-bond donors (Lipinski definition) is 1. The lowest BCUT2D eigenvalue weighted by Gasteiger charge is -2.13. The van der Waals surface area contributed by atoms with Gasteiger partial charge in [0, 0.05) is 12.6 Å². The van der Waals surface area contributed by atoms with Crippen molar-refractivity contribution in [3.05, 3.63) is 35.1 Å². The zero-order valence-corrected chi connectivity index (χ0v) is 10.6. The Bertz CT molecular complexity index is 406. The van der Waals surface area contributed by atoms with Crippen LogP contribution in [-0.4, -0.2) is 19.4 Å². The molecule has 0 bridgehead atoms. The monoisotopic (exact) mass is 279 g/mol. The second-order valence-electron chi connectivity index (χ2n) is 4.43. The highest BCUT2D eigenvalue weighted by atomic mass is 19.4. The van der Waals surface area contributed by atoms with Crippen LogP contribution in [0.15, 0.2) is 18.2 Å². The van der Waals surface area contributed by atoms with Crippen molar-refractivity contribution in [1.82, 2.24) is 0 Å². The Kier molecular flexibility index (Phi) is 5.75. The Morgan fingerprint density at radius 1 is 1.32 bits per heavy atom. The first kappa shape index (κ1) is 15.9. The van der Waals surface area contributed by atoms with Gasteiger partial charge in [0.25, 0.3) is 0 Å². The summed E-state index contributed by atoms with van der Waals surface area (Å²) in [4.78, 5) is 0. The van der Waals surface area contributed by atoms with Gasteiger partial charge in [0.1, 0.15) is 12.4 Å². The van der Waals surface area contributed by atoms with Crippen LogP contribution in [-0.2, 0) is 4.74 Å². The summed E-state index contributed by atoms with van der Waals surface area (Å²) < 4.78 is 53.0. The summed E-state index contributed by atoms with van der Waals surface area (Å²) in [6.45, 7) is 0.406. The fourth-order valence-electron chi connectivity index (χ4n) is 1.66. The summed E-state index contributed by atoms with van der Waals surface area (Å²) in [6.07, 6.45) is -3.38. The molecule has 0 radical (unpaired) electrons. The molecule has 1 rings (SSSR count). The Hall–Kier alpha value is -1.14. The summed E-state index contributed by atoms with van der Waals surface area (Å²) in [5.41, 5.74) is 7.16. The Balaban J connectivity index is 2.31. The number of benzene rings is 1. The smallest absolute Gasteiger partial charge is 0.372 e. The van der Waals surface area contributed by atoms with Crippen LogP contribution in [0.3, 0.4) is 0 Å². The molecular formula is C13H17F4NO. The predicted molar refractivity (Wildman–Crippen MR) is 64.2 cm³/mol. The maximum Gasteiger partial charge on any atom is 0.411 e. The topological polar surface area (TPSA) is 35.2 Å². The number of ether oxygens (including phenoxy) is 1. The fraction of sp³-hybridized carbons (Fsp3) is 0.538. The van der Waals surface area contributed by atoms with Gasteiger partial charge in [-0.05, 0) is 37.0 Å². The average molecular weight is 279 g/mol. The zero-order valence-electron chi connectivity index (χ0n) is 10.6. The molecule has 0 aromatic heterocycles. The van der Waals surface area contributed by atoms with Crippen molar-refractivity contribution in [1.29, 1.82) is 0 Å². The van der Waals surface area contributed by atoms with Crippen LogP contribution in [0.1, 0.15) is 30.0 Å². The van der Waals surface area contributed by atoms with Crippen LogP contribution in [0.2, 0.25) is 0 Å². The average Bonchev–Trinajstić information content (AvgIpc) is 2.30. The van der Waals surface area contributed by atoms with Gasteiger partial charge in [0.15, 0.2) is 0 Å². The summed E-state index contributed by atoms with van der Waals surface area (Å²) in [5, 5.41) is 0. The number of rotatable bonds is 6. The number of alkyl halides is 3. The van der Waals surface area contributed by atoms with E-state index in [0.717, 1.165) is 5.56 Å². The summed E-state index contributed by atoms with van der Waals surface area (Å²) in [7, 11) is 0. The molecule has 0 heterocycles. The van der Waals surface area contributed by atoms with E-state index in [1.807, 2.05) is 0 Å². The minimum Gasteiger partial charge on any atom is -0.372 e. The van der Waals surface area contributed by atoms with Crippen LogP contribution < -0.4 is 5.73 Å². The standard InChI is InChI=1S/C13H17F4NO/c1-9-7-10(4-5-11(9)14)12(18)3-2-6-19-8-13(15,16)17/h4-5,7,12H,2-3,6,8,18H2,1H3. The molecule has 0 saturated carbocycles. The number of halogens is 4. The first-order valence-electron chi connectivity index (χ1n) is 5.96. The third-order valence-corrected chi connectivity index (χ3v) is 2.68. The van der Waals surface area contributed by atoms with E-state index in [9.17, 15) is 17.6 Å².